The number of rotatable bonds is 6. The standard InChI is InChI=1S/C20H21NO5S/c1-3-25-20(24)17-14-5-4-6-15(14)27-18(17)21-16(22)11-26-19(23)13-9-7-12(2)8-10-13/h7-10H,3-6,11H2,1-2H3,(H,21,22). The van der Waals surface area contributed by atoms with Crippen LogP contribution < -0.4 is 5.32 Å². The van der Waals surface area contributed by atoms with Crippen LogP contribution >= 0.6 is 11.3 Å². The highest BCUT2D eigenvalue weighted by Gasteiger charge is 2.28. The average Bonchev–Trinajstić information content (AvgIpc) is 3.21. The van der Waals surface area contributed by atoms with Crippen molar-refractivity contribution >= 4 is 34.2 Å². The minimum Gasteiger partial charge on any atom is -0.462 e. The molecule has 3 rings (SSSR count). The number of ether oxygens (including phenoxy) is 2. The highest BCUT2D eigenvalue weighted by atomic mass is 32.1. The molecule has 0 aliphatic heterocycles. The largest absolute Gasteiger partial charge is 0.462 e. The maximum atomic E-state index is 12.3. The minimum atomic E-state index is -0.565. The van der Waals surface area contributed by atoms with E-state index < -0.39 is 24.5 Å². The molecule has 1 aliphatic carbocycles. The Balaban J connectivity index is 1.65. The van der Waals surface area contributed by atoms with Gasteiger partial charge in [-0.1, -0.05) is 17.7 Å². The molecule has 2 aromatic rings. The minimum absolute atomic E-state index is 0.269. The van der Waals surface area contributed by atoms with Crippen LogP contribution in [0.4, 0.5) is 5.00 Å². The number of aryl methyl sites for hydroxylation is 2. The zero-order chi connectivity index (χ0) is 19.4. The average molecular weight is 387 g/mol. The molecule has 0 unspecified atom stereocenters. The summed E-state index contributed by atoms with van der Waals surface area (Å²) in [6, 6.07) is 6.90. The van der Waals surface area contributed by atoms with Crippen molar-refractivity contribution in [3.05, 3.63) is 51.4 Å². The Bertz CT molecular complexity index is 869. The van der Waals surface area contributed by atoms with Crippen LogP contribution in [0.25, 0.3) is 0 Å². The first kappa shape index (κ1) is 19.1. The van der Waals surface area contributed by atoms with Crippen LogP contribution in [0.15, 0.2) is 24.3 Å². The van der Waals surface area contributed by atoms with E-state index in [0.717, 1.165) is 35.3 Å². The lowest BCUT2D eigenvalue weighted by Crippen LogP contribution is -2.22. The zero-order valence-electron chi connectivity index (χ0n) is 15.3. The summed E-state index contributed by atoms with van der Waals surface area (Å²) in [5, 5.41) is 3.16. The van der Waals surface area contributed by atoms with Crippen LogP contribution in [0, 0.1) is 6.92 Å². The Morgan fingerprint density at radius 3 is 2.52 bits per heavy atom. The summed E-state index contributed by atoms with van der Waals surface area (Å²) < 4.78 is 10.2. The molecule has 0 atom stereocenters. The normalized spacial score (nSPS) is 12.4. The molecule has 0 spiro atoms. The van der Waals surface area contributed by atoms with Gasteiger partial charge in [-0.05, 0) is 50.8 Å². The van der Waals surface area contributed by atoms with Gasteiger partial charge in [0.25, 0.3) is 5.91 Å². The number of thiophene rings is 1. The summed E-state index contributed by atoms with van der Waals surface area (Å²) in [6.45, 7) is 3.51. The predicted molar refractivity (Wildman–Crippen MR) is 102 cm³/mol. The molecule has 1 amide bonds. The third-order valence-corrected chi connectivity index (χ3v) is 5.48. The molecule has 7 heteroatoms. The van der Waals surface area contributed by atoms with Crippen molar-refractivity contribution in [3.8, 4) is 0 Å². The second-order valence-corrected chi connectivity index (χ2v) is 7.38. The SMILES string of the molecule is CCOC(=O)c1c(NC(=O)COC(=O)c2ccc(C)cc2)sc2c1CCC2. The molecule has 0 saturated carbocycles. The Morgan fingerprint density at radius 1 is 1.07 bits per heavy atom. The molecule has 1 aliphatic rings. The second-order valence-electron chi connectivity index (χ2n) is 6.27. The molecule has 1 aromatic carbocycles. The van der Waals surface area contributed by atoms with E-state index in [9.17, 15) is 14.4 Å². The van der Waals surface area contributed by atoms with E-state index in [1.165, 1.54) is 11.3 Å². The van der Waals surface area contributed by atoms with Gasteiger partial charge in [-0.3, -0.25) is 4.79 Å². The number of fused-ring (bicyclic) bond motifs is 1. The van der Waals surface area contributed by atoms with Crippen LogP contribution in [0.3, 0.4) is 0 Å². The molecule has 1 heterocycles. The van der Waals surface area contributed by atoms with Crippen LogP contribution in [0.2, 0.25) is 0 Å². The van der Waals surface area contributed by atoms with Crippen molar-refractivity contribution in [2.45, 2.75) is 33.1 Å². The van der Waals surface area contributed by atoms with Crippen LogP contribution in [0.5, 0.6) is 0 Å². The van der Waals surface area contributed by atoms with Crippen molar-refractivity contribution in [1.82, 2.24) is 0 Å². The second kappa shape index (κ2) is 8.35. The summed E-state index contributed by atoms with van der Waals surface area (Å²) in [6.07, 6.45) is 2.69. The smallest absolute Gasteiger partial charge is 0.341 e. The fourth-order valence-electron chi connectivity index (χ4n) is 2.98. The molecular formula is C20H21NO5S. The number of benzene rings is 1. The predicted octanol–water partition coefficient (Wildman–Crippen LogP) is 3.52. The maximum absolute atomic E-state index is 12.3. The molecule has 0 bridgehead atoms. The summed E-state index contributed by atoms with van der Waals surface area (Å²) in [7, 11) is 0. The summed E-state index contributed by atoms with van der Waals surface area (Å²) >= 11 is 1.39. The highest BCUT2D eigenvalue weighted by Crippen LogP contribution is 2.39. The summed E-state index contributed by atoms with van der Waals surface area (Å²) in [5.41, 5.74) is 2.82. The lowest BCUT2D eigenvalue weighted by molar-refractivity contribution is -0.119. The summed E-state index contributed by atoms with van der Waals surface area (Å²) in [5.74, 6) is -1.48. The number of amides is 1. The van der Waals surface area contributed by atoms with Gasteiger partial charge in [0.15, 0.2) is 6.61 Å². The van der Waals surface area contributed by atoms with E-state index >= 15 is 0 Å². The van der Waals surface area contributed by atoms with E-state index in [4.69, 9.17) is 9.47 Å². The third kappa shape index (κ3) is 4.36. The van der Waals surface area contributed by atoms with Crippen LogP contribution in [-0.4, -0.2) is 31.1 Å². The van der Waals surface area contributed by atoms with E-state index in [1.807, 2.05) is 6.92 Å². The molecule has 27 heavy (non-hydrogen) atoms. The maximum Gasteiger partial charge on any atom is 0.341 e. The van der Waals surface area contributed by atoms with Gasteiger partial charge in [0, 0.05) is 4.88 Å². The van der Waals surface area contributed by atoms with Crippen LogP contribution in [0.1, 0.15) is 50.1 Å². The van der Waals surface area contributed by atoms with E-state index in [0.29, 0.717) is 16.1 Å². The van der Waals surface area contributed by atoms with Crippen LogP contribution in [-0.2, 0) is 27.1 Å². The topological polar surface area (TPSA) is 81.7 Å². The van der Waals surface area contributed by atoms with Gasteiger partial charge in [0.2, 0.25) is 0 Å². The van der Waals surface area contributed by atoms with E-state index in [2.05, 4.69) is 5.32 Å². The van der Waals surface area contributed by atoms with Gasteiger partial charge in [0.1, 0.15) is 5.00 Å². The number of hydrogen-bond acceptors (Lipinski definition) is 6. The third-order valence-electron chi connectivity index (χ3n) is 4.28. The Labute approximate surface area is 161 Å². The van der Waals surface area contributed by atoms with Crippen molar-refractivity contribution in [2.75, 3.05) is 18.5 Å². The number of carbonyl (C=O) groups is 3. The zero-order valence-corrected chi connectivity index (χ0v) is 16.1. The quantitative estimate of drug-likeness (QED) is 0.767. The van der Waals surface area contributed by atoms with Gasteiger partial charge in [-0.25, -0.2) is 9.59 Å². The summed E-state index contributed by atoms with van der Waals surface area (Å²) in [4.78, 5) is 37.6. The monoisotopic (exact) mass is 387 g/mol. The Morgan fingerprint density at radius 2 is 1.81 bits per heavy atom. The number of hydrogen-bond donors (Lipinski definition) is 1. The number of esters is 2. The molecule has 142 valence electrons. The lowest BCUT2D eigenvalue weighted by atomic mass is 10.1. The van der Waals surface area contributed by atoms with Gasteiger partial charge >= 0.3 is 11.9 Å². The highest BCUT2D eigenvalue weighted by molar-refractivity contribution is 7.17. The molecule has 0 radical (unpaired) electrons. The molecule has 0 saturated heterocycles. The molecule has 6 nitrogen and oxygen atoms in total. The molecule has 0 fully saturated rings. The van der Waals surface area contributed by atoms with E-state index in [-0.39, 0.29) is 6.61 Å². The first-order valence-electron chi connectivity index (χ1n) is 8.85. The number of carbonyl (C=O) groups excluding carboxylic acids is 3. The van der Waals surface area contributed by atoms with Crippen molar-refractivity contribution in [3.63, 3.8) is 0 Å². The molecule has 1 N–H and O–H groups in total. The van der Waals surface area contributed by atoms with Gasteiger partial charge in [-0.2, -0.15) is 0 Å². The van der Waals surface area contributed by atoms with Gasteiger partial charge < -0.3 is 14.8 Å². The Kier molecular flexibility index (Phi) is 5.91. The fraction of sp³-hybridized carbons (Fsp3) is 0.350. The molecular weight excluding hydrogens is 366 g/mol. The Hall–Kier alpha value is -2.67. The lowest BCUT2D eigenvalue weighted by Gasteiger charge is -2.08. The first-order valence-corrected chi connectivity index (χ1v) is 9.66. The van der Waals surface area contributed by atoms with Crippen molar-refractivity contribution < 1.29 is 23.9 Å². The van der Waals surface area contributed by atoms with Gasteiger partial charge in [0.05, 0.1) is 17.7 Å². The van der Waals surface area contributed by atoms with Crippen molar-refractivity contribution in [1.29, 1.82) is 0 Å². The van der Waals surface area contributed by atoms with E-state index in [1.54, 1.807) is 31.2 Å². The molecule has 1 aromatic heterocycles. The number of anilines is 1. The first-order chi connectivity index (χ1) is 13.0. The van der Waals surface area contributed by atoms with Gasteiger partial charge in [-0.15, -0.1) is 11.3 Å². The number of nitrogens with one attached hydrogen (secondary N) is 1. The van der Waals surface area contributed by atoms with Crippen molar-refractivity contribution in [2.24, 2.45) is 0 Å². The fourth-order valence-corrected chi connectivity index (χ4v) is 4.27.